The fourth-order valence-corrected chi connectivity index (χ4v) is 2.57. The molecule has 0 aliphatic heterocycles. The third-order valence-corrected chi connectivity index (χ3v) is 3.86. The first-order valence-electron chi connectivity index (χ1n) is 5.73. The number of nitrogens with two attached hydrogens (primary N) is 1. The van der Waals surface area contributed by atoms with Gasteiger partial charge < -0.3 is 11.1 Å². The van der Waals surface area contributed by atoms with Gasteiger partial charge in [0.1, 0.15) is 0 Å². The van der Waals surface area contributed by atoms with Crippen LogP contribution in [0.15, 0.2) is 29.6 Å². The summed E-state index contributed by atoms with van der Waals surface area (Å²) in [6.45, 7) is 2.91. The molecule has 0 amide bonds. The van der Waals surface area contributed by atoms with Crippen molar-refractivity contribution in [3.8, 4) is 6.07 Å². The van der Waals surface area contributed by atoms with Crippen LogP contribution in [0.3, 0.4) is 0 Å². The molecule has 1 aromatic carbocycles. The van der Waals surface area contributed by atoms with Gasteiger partial charge in [0.2, 0.25) is 0 Å². The van der Waals surface area contributed by atoms with Gasteiger partial charge in [0.05, 0.1) is 12.5 Å². The van der Waals surface area contributed by atoms with E-state index in [0.717, 1.165) is 17.8 Å². The van der Waals surface area contributed by atoms with E-state index in [4.69, 9.17) is 11.0 Å². The van der Waals surface area contributed by atoms with Crippen LogP contribution in [0.2, 0.25) is 0 Å². The van der Waals surface area contributed by atoms with Crippen LogP contribution >= 0.6 is 11.3 Å². The van der Waals surface area contributed by atoms with Gasteiger partial charge >= 0.3 is 0 Å². The van der Waals surface area contributed by atoms with Crippen molar-refractivity contribution in [3.63, 3.8) is 0 Å². The van der Waals surface area contributed by atoms with Gasteiger partial charge in [-0.1, -0.05) is 0 Å². The van der Waals surface area contributed by atoms with E-state index in [2.05, 4.69) is 29.8 Å². The van der Waals surface area contributed by atoms with Crippen LogP contribution in [0.1, 0.15) is 16.0 Å². The van der Waals surface area contributed by atoms with Crippen LogP contribution in [0.25, 0.3) is 0 Å². The molecule has 0 unspecified atom stereocenters. The maximum absolute atomic E-state index is 8.73. The molecule has 3 nitrogen and oxygen atoms in total. The first-order valence-corrected chi connectivity index (χ1v) is 6.61. The van der Waals surface area contributed by atoms with Crippen LogP contribution in [0.5, 0.6) is 0 Å². The second kappa shape index (κ2) is 5.56. The largest absolute Gasteiger partial charge is 0.398 e. The summed E-state index contributed by atoms with van der Waals surface area (Å²) in [6, 6.07) is 9.97. The van der Waals surface area contributed by atoms with Crippen LogP contribution in [0.4, 0.5) is 11.4 Å². The maximum Gasteiger partial charge on any atom is 0.0670 e. The fraction of sp³-hybridized carbons (Fsp3) is 0.214. The highest BCUT2D eigenvalue weighted by molar-refractivity contribution is 7.10. The van der Waals surface area contributed by atoms with Gasteiger partial charge in [-0.2, -0.15) is 5.26 Å². The first kappa shape index (κ1) is 12.5. The van der Waals surface area contributed by atoms with E-state index in [-0.39, 0.29) is 0 Å². The quantitative estimate of drug-likeness (QED) is 0.826. The Hall–Kier alpha value is -1.99. The lowest BCUT2D eigenvalue weighted by molar-refractivity contribution is 1.16. The second-order valence-electron chi connectivity index (χ2n) is 4.13. The van der Waals surface area contributed by atoms with Gasteiger partial charge in [0, 0.05) is 22.8 Å². The number of nitriles is 1. The molecule has 3 N–H and O–H groups in total. The Kier molecular flexibility index (Phi) is 3.85. The highest BCUT2D eigenvalue weighted by Gasteiger charge is 2.03. The number of hydrogen-bond acceptors (Lipinski definition) is 4. The van der Waals surface area contributed by atoms with Crippen molar-refractivity contribution in [1.82, 2.24) is 0 Å². The predicted octanol–water partition coefficient (Wildman–Crippen LogP) is 3.32. The highest BCUT2D eigenvalue weighted by atomic mass is 32.1. The van der Waals surface area contributed by atoms with Crippen LogP contribution in [0, 0.1) is 18.3 Å². The van der Waals surface area contributed by atoms with E-state index in [9.17, 15) is 0 Å². The number of nitrogens with one attached hydrogen (secondary N) is 1. The van der Waals surface area contributed by atoms with Gasteiger partial charge in [0.15, 0.2) is 0 Å². The van der Waals surface area contributed by atoms with Crippen molar-refractivity contribution in [2.24, 2.45) is 0 Å². The van der Waals surface area contributed by atoms with E-state index in [1.165, 1.54) is 10.4 Å². The number of anilines is 2. The normalized spacial score (nSPS) is 10.0. The third kappa shape index (κ3) is 2.82. The number of thiophene rings is 1. The Balaban J connectivity index is 2.08. The molecule has 0 atom stereocenters. The Morgan fingerprint density at radius 2 is 2.22 bits per heavy atom. The number of aryl methyl sites for hydroxylation is 1. The molecule has 0 spiro atoms. The average Bonchev–Trinajstić information content (AvgIpc) is 2.76. The number of hydrogen-bond donors (Lipinski definition) is 2. The van der Waals surface area contributed by atoms with Gasteiger partial charge in [-0.05, 0) is 47.7 Å². The Bertz CT molecular complexity index is 581. The van der Waals surface area contributed by atoms with E-state index >= 15 is 0 Å². The molecule has 2 aromatic rings. The molecule has 0 aliphatic rings. The fourth-order valence-electron chi connectivity index (χ4n) is 1.72. The average molecular weight is 257 g/mol. The highest BCUT2D eigenvalue weighted by Crippen LogP contribution is 2.21. The summed E-state index contributed by atoms with van der Waals surface area (Å²) in [7, 11) is 0. The van der Waals surface area contributed by atoms with Crippen LogP contribution < -0.4 is 11.1 Å². The summed E-state index contributed by atoms with van der Waals surface area (Å²) in [5.74, 6) is 0. The predicted molar refractivity (Wildman–Crippen MR) is 76.6 cm³/mol. The molecule has 18 heavy (non-hydrogen) atoms. The molecular formula is C14H15N3S. The lowest BCUT2D eigenvalue weighted by Crippen LogP contribution is -2.01. The van der Waals surface area contributed by atoms with Crippen molar-refractivity contribution in [2.75, 3.05) is 11.1 Å². The van der Waals surface area contributed by atoms with Gasteiger partial charge in [0.25, 0.3) is 0 Å². The van der Waals surface area contributed by atoms with Crippen molar-refractivity contribution in [3.05, 3.63) is 45.6 Å². The summed E-state index contributed by atoms with van der Waals surface area (Å²) >= 11 is 1.75. The monoisotopic (exact) mass is 257 g/mol. The van der Waals surface area contributed by atoms with Crippen LogP contribution in [-0.4, -0.2) is 0 Å². The van der Waals surface area contributed by atoms with Crippen LogP contribution in [-0.2, 0) is 13.0 Å². The Morgan fingerprint density at radius 1 is 1.39 bits per heavy atom. The Labute approximate surface area is 111 Å². The SMILES string of the molecule is Cc1ccsc1CNc1ccc(N)c(CC#N)c1. The zero-order chi connectivity index (χ0) is 13.0. The zero-order valence-electron chi connectivity index (χ0n) is 10.2. The number of nitrogens with zero attached hydrogens (tertiary/aromatic N) is 1. The minimum absolute atomic E-state index is 0.347. The number of benzene rings is 1. The minimum Gasteiger partial charge on any atom is -0.398 e. The summed E-state index contributed by atoms with van der Waals surface area (Å²) in [6.07, 6.45) is 0.347. The molecular weight excluding hydrogens is 242 g/mol. The lowest BCUT2D eigenvalue weighted by atomic mass is 10.1. The first-order chi connectivity index (χ1) is 8.70. The van der Waals surface area contributed by atoms with Crippen molar-refractivity contribution in [2.45, 2.75) is 19.9 Å². The summed E-state index contributed by atoms with van der Waals surface area (Å²) in [4.78, 5) is 1.33. The third-order valence-electron chi connectivity index (χ3n) is 2.83. The Morgan fingerprint density at radius 3 is 2.89 bits per heavy atom. The molecule has 2 rings (SSSR count). The topological polar surface area (TPSA) is 61.8 Å². The standard InChI is InChI=1S/C14H15N3S/c1-10-5-7-18-14(10)9-17-12-2-3-13(16)11(8-12)4-6-15/h2-3,5,7-8,17H,4,9,16H2,1H3. The molecule has 92 valence electrons. The number of nitrogen functional groups attached to an aromatic ring is 1. The molecule has 0 aliphatic carbocycles. The van der Waals surface area contributed by atoms with Crippen molar-refractivity contribution in [1.29, 1.82) is 5.26 Å². The maximum atomic E-state index is 8.73. The molecule has 0 saturated heterocycles. The molecule has 1 heterocycles. The summed E-state index contributed by atoms with van der Waals surface area (Å²) in [5.41, 5.74) is 9.68. The molecule has 0 saturated carbocycles. The zero-order valence-corrected chi connectivity index (χ0v) is 11.1. The smallest absolute Gasteiger partial charge is 0.0670 e. The number of rotatable bonds is 4. The molecule has 0 fully saturated rings. The molecule has 0 radical (unpaired) electrons. The summed E-state index contributed by atoms with van der Waals surface area (Å²) < 4.78 is 0. The molecule has 1 aromatic heterocycles. The molecule has 0 bridgehead atoms. The van der Waals surface area contributed by atoms with Gasteiger partial charge in [-0.15, -0.1) is 11.3 Å². The molecule has 4 heteroatoms. The van der Waals surface area contributed by atoms with E-state index in [1.807, 2.05) is 18.2 Å². The van der Waals surface area contributed by atoms with Crippen molar-refractivity contribution < 1.29 is 0 Å². The van der Waals surface area contributed by atoms with Gasteiger partial charge in [-0.25, -0.2) is 0 Å². The second-order valence-corrected chi connectivity index (χ2v) is 5.13. The van der Waals surface area contributed by atoms with E-state index < -0.39 is 0 Å². The van der Waals surface area contributed by atoms with Gasteiger partial charge in [-0.3, -0.25) is 0 Å². The van der Waals surface area contributed by atoms with Crippen molar-refractivity contribution >= 4 is 22.7 Å². The lowest BCUT2D eigenvalue weighted by Gasteiger charge is -2.09. The summed E-state index contributed by atoms with van der Waals surface area (Å²) in [5, 5.41) is 14.2. The van der Waals surface area contributed by atoms with E-state index in [1.54, 1.807) is 11.3 Å². The van der Waals surface area contributed by atoms with E-state index in [0.29, 0.717) is 12.1 Å². The minimum atomic E-state index is 0.347.